The lowest BCUT2D eigenvalue weighted by atomic mass is 10.1. The Labute approximate surface area is 130 Å². The van der Waals surface area contributed by atoms with Gasteiger partial charge in [-0.05, 0) is 11.1 Å². The Morgan fingerprint density at radius 2 is 0.773 bits per heavy atom. The van der Waals surface area contributed by atoms with Crippen LogP contribution in [0.5, 0.6) is 0 Å². The van der Waals surface area contributed by atoms with Gasteiger partial charge < -0.3 is 0 Å². The number of hydrogen-bond acceptors (Lipinski definition) is 2. The second-order valence-corrected chi connectivity index (χ2v) is 4.67. The van der Waals surface area contributed by atoms with Crippen molar-refractivity contribution in [2.75, 3.05) is 0 Å². The summed E-state index contributed by atoms with van der Waals surface area (Å²) in [5.41, 5.74) is 3.44. The van der Waals surface area contributed by atoms with Gasteiger partial charge in [0.2, 0.25) is 0 Å². The van der Waals surface area contributed by atoms with Crippen LogP contribution in [0.3, 0.4) is 0 Å². The molecule has 0 aliphatic rings. The van der Waals surface area contributed by atoms with E-state index in [9.17, 15) is 9.59 Å². The molecule has 0 unspecified atom stereocenters. The lowest BCUT2D eigenvalue weighted by Gasteiger charge is -1.93. The number of carbonyl (C=O) groups excluding carboxylic acids is 2. The van der Waals surface area contributed by atoms with Gasteiger partial charge >= 0.3 is 0 Å². The first-order chi connectivity index (χ1) is 10.8. The van der Waals surface area contributed by atoms with Crippen LogP contribution < -0.4 is 0 Å². The smallest absolute Gasteiger partial charge is 0.150 e. The zero-order chi connectivity index (χ0) is 15.6. The SMILES string of the molecule is O=Cc1ccc(C=CC=CC=Cc2ccc(C=O)cc2)cc1. The van der Waals surface area contributed by atoms with E-state index in [1.807, 2.05) is 60.7 Å². The minimum atomic E-state index is 0.677. The molecule has 2 rings (SSSR count). The number of carbonyl (C=O) groups is 2. The van der Waals surface area contributed by atoms with Crippen LogP contribution in [0.15, 0.2) is 72.8 Å². The van der Waals surface area contributed by atoms with Crippen molar-refractivity contribution in [3.05, 3.63) is 95.1 Å². The zero-order valence-electron chi connectivity index (χ0n) is 12.1. The van der Waals surface area contributed by atoms with Crippen molar-refractivity contribution in [1.82, 2.24) is 0 Å². The third-order valence-electron chi connectivity index (χ3n) is 3.06. The van der Waals surface area contributed by atoms with E-state index in [0.29, 0.717) is 11.1 Å². The van der Waals surface area contributed by atoms with Crippen LogP contribution in [-0.2, 0) is 0 Å². The van der Waals surface area contributed by atoms with Gasteiger partial charge in [0.05, 0.1) is 0 Å². The maximum atomic E-state index is 10.5. The average molecular weight is 288 g/mol. The second-order valence-electron chi connectivity index (χ2n) is 4.67. The van der Waals surface area contributed by atoms with Gasteiger partial charge in [0.15, 0.2) is 0 Å². The molecule has 108 valence electrons. The van der Waals surface area contributed by atoms with Crippen LogP contribution in [0, 0.1) is 0 Å². The third-order valence-corrected chi connectivity index (χ3v) is 3.06. The number of rotatable bonds is 6. The molecule has 22 heavy (non-hydrogen) atoms. The second kappa shape index (κ2) is 8.32. The molecule has 0 aliphatic heterocycles. The van der Waals surface area contributed by atoms with Crippen LogP contribution in [0.25, 0.3) is 12.2 Å². The Hall–Kier alpha value is -3.00. The molecule has 0 bridgehead atoms. The molecule has 0 aromatic heterocycles. The summed E-state index contributed by atoms with van der Waals surface area (Å²) in [4.78, 5) is 21.1. The summed E-state index contributed by atoms with van der Waals surface area (Å²) in [5.74, 6) is 0. The molecule has 0 N–H and O–H groups in total. The molecule has 0 saturated carbocycles. The van der Waals surface area contributed by atoms with E-state index in [2.05, 4.69) is 0 Å². The summed E-state index contributed by atoms with van der Waals surface area (Å²) in [6.45, 7) is 0. The molecule has 0 atom stereocenters. The molecule has 0 spiro atoms. The van der Waals surface area contributed by atoms with Crippen LogP contribution in [0.1, 0.15) is 31.8 Å². The Balaban J connectivity index is 1.88. The Bertz CT molecular complexity index is 639. The molecule has 0 saturated heterocycles. The van der Waals surface area contributed by atoms with Gasteiger partial charge in [0.1, 0.15) is 12.6 Å². The predicted octanol–water partition coefficient (Wildman–Crippen LogP) is 4.59. The van der Waals surface area contributed by atoms with Gasteiger partial charge in [-0.15, -0.1) is 0 Å². The van der Waals surface area contributed by atoms with E-state index >= 15 is 0 Å². The summed E-state index contributed by atoms with van der Waals surface area (Å²) in [6.07, 6.45) is 13.4. The summed E-state index contributed by atoms with van der Waals surface area (Å²) < 4.78 is 0. The van der Waals surface area contributed by atoms with Crippen LogP contribution in [-0.4, -0.2) is 12.6 Å². The van der Waals surface area contributed by atoms with Crippen LogP contribution in [0.4, 0.5) is 0 Å². The van der Waals surface area contributed by atoms with Crippen molar-refractivity contribution in [2.45, 2.75) is 0 Å². The highest BCUT2D eigenvalue weighted by molar-refractivity contribution is 5.75. The number of allylic oxidation sites excluding steroid dienone is 4. The standard InChI is InChI=1S/C20H16O2/c21-15-19-11-7-17(8-12-19)5-3-1-2-4-6-18-9-13-20(16-22)14-10-18/h1-16H. The lowest BCUT2D eigenvalue weighted by Crippen LogP contribution is -1.78. The highest BCUT2D eigenvalue weighted by Crippen LogP contribution is 2.06. The largest absolute Gasteiger partial charge is 0.298 e. The molecule has 0 heterocycles. The first kappa shape index (κ1) is 15.4. The predicted molar refractivity (Wildman–Crippen MR) is 90.9 cm³/mol. The summed E-state index contributed by atoms with van der Waals surface area (Å²) in [6, 6.07) is 14.8. The summed E-state index contributed by atoms with van der Waals surface area (Å²) >= 11 is 0. The molecule has 2 aromatic carbocycles. The van der Waals surface area contributed by atoms with Crippen molar-refractivity contribution >= 4 is 24.7 Å². The molecule has 2 aromatic rings. The van der Waals surface area contributed by atoms with Crippen molar-refractivity contribution in [1.29, 1.82) is 0 Å². The van der Waals surface area contributed by atoms with E-state index in [1.54, 1.807) is 24.3 Å². The maximum absolute atomic E-state index is 10.5. The average Bonchev–Trinajstić information content (AvgIpc) is 2.59. The monoisotopic (exact) mass is 288 g/mol. The summed E-state index contributed by atoms with van der Waals surface area (Å²) in [7, 11) is 0. The zero-order valence-corrected chi connectivity index (χ0v) is 12.1. The number of hydrogen-bond donors (Lipinski definition) is 0. The van der Waals surface area contributed by atoms with Crippen LogP contribution in [0.2, 0.25) is 0 Å². The molecule has 0 fully saturated rings. The fourth-order valence-corrected chi connectivity index (χ4v) is 1.83. The summed E-state index contributed by atoms with van der Waals surface area (Å²) in [5, 5.41) is 0. The lowest BCUT2D eigenvalue weighted by molar-refractivity contribution is 0.111. The van der Waals surface area contributed by atoms with Gasteiger partial charge in [-0.25, -0.2) is 0 Å². The number of benzene rings is 2. The van der Waals surface area contributed by atoms with Gasteiger partial charge in [0.25, 0.3) is 0 Å². The third kappa shape index (κ3) is 4.84. The minimum Gasteiger partial charge on any atom is -0.298 e. The van der Waals surface area contributed by atoms with E-state index in [1.165, 1.54) is 0 Å². The van der Waals surface area contributed by atoms with E-state index < -0.39 is 0 Å². The topological polar surface area (TPSA) is 34.1 Å². The quantitative estimate of drug-likeness (QED) is 0.575. The number of aldehydes is 2. The molecule has 0 radical (unpaired) electrons. The first-order valence-corrected chi connectivity index (χ1v) is 6.94. The maximum Gasteiger partial charge on any atom is 0.150 e. The minimum absolute atomic E-state index is 0.677. The van der Waals surface area contributed by atoms with Gasteiger partial charge in [-0.3, -0.25) is 9.59 Å². The molecular weight excluding hydrogens is 272 g/mol. The first-order valence-electron chi connectivity index (χ1n) is 6.94. The Morgan fingerprint density at radius 1 is 0.455 bits per heavy atom. The molecule has 2 nitrogen and oxygen atoms in total. The highest BCUT2D eigenvalue weighted by Gasteiger charge is 1.89. The van der Waals surface area contributed by atoms with Gasteiger partial charge in [0, 0.05) is 11.1 Å². The Morgan fingerprint density at radius 3 is 1.09 bits per heavy atom. The van der Waals surface area contributed by atoms with Crippen molar-refractivity contribution in [3.8, 4) is 0 Å². The molecule has 2 heteroatoms. The fraction of sp³-hybridized carbons (Fsp3) is 0. The van der Waals surface area contributed by atoms with Gasteiger partial charge in [-0.2, -0.15) is 0 Å². The van der Waals surface area contributed by atoms with Crippen molar-refractivity contribution in [3.63, 3.8) is 0 Å². The van der Waals surface area contributed by atoms with Crippen LogP contribution >= 0.6 is 0 Å². The van der Waals surface area contributed by atoms with Crippen molar-refractivity contribution in [2.24, 2.45) is 0 Å². The fourth-order valence-electron chi connectivity index (χ4n) is 1.83. The molecular formula is C20H16O2. The Kier molecular flexibility index (Phi) is 5.82. The molecule has 0 amide bonds. The van der Waals surface area contributed by atoms with Crippen molar-refractivity contribution < 1.29 is 9.59 Å². The molecule has 0 aliphatic carbocycles. The van der Waals surface area contributed by atoms with E-state index in [4.69, 9.17) is 0 Å². The van der Waals surface area contributed by atoms with Gasteiger partial charge in [-0.1, -0.05) is 85.0 Å². The normalized spacial score (nSPS) is 11.5. The van der Waals surface area contributed by atoms with E-state index in [0.717, 1.165) is 23.7 Å². The highest BCUT2D eigenvalue weighted by atomic mass is 16.1. The van der Waals surface area contributed by atoms with E-state index in [-0.39, 0.29) is 0 Å².